The Labute approximate surface area is 126 Å². The number of nitrogens with two attached hydrogens (primary N) is 1. The highest BCUT2D eigenvalue weighted by atomic mass is 32.1. The summed E-state index contributed by atoms with van der Waals surface area (Å²) in [5.74, 6) is -1.13. The molecule has 0 saturated heterocycles. The lowest BCUT2D eigenvalue weighted by atomic mass is 10.0. The Kier molecular flexibility index (Phi) is 4.74. The summed E-state index contributed by atoms with van der Waals surface area (Å²) in [6, 6.07) is 5.19. The molecule has 2 rings (SSSR count). The largest absolute Gasteiger partial charge is 0.481 e. The number of carboxylic acids is 1. The summed E-state index contributed by atoms with van der Waals surface area (Å²) in [5.41, 5.74) is 6.92. The quantitative estimate of drug-likeness (QED) is 0.758. The van der Waals surface area contributed by atoms with Gasteiger partial charge in [0.25, 0.3) is 5.91 Å². The molecule has 0 spiro atoms. The van der Waals surface area contributed by atoms with E-state index in [1.165, 1.54) is 11.3 Å². The van der Waals surface area contributed by atoms with Crippen molar-refractivity contribution in [3.8, 4) is 0 Å². The van der Waals surface area contributed by atoms with Crippen molar-refractivity contribution in [1.82, 2.24) is 10.3 Å². The Morgan fingerprint density at radius 3 is 2.90 bits per heavy atom. The second-order valence-electron chi connectivity index (χ2n) is 4.82. The summed E-state index contributed by atoms with van der Waals surface area (Å²) in [4.78, 5) is 26.9. The monoisotopic (exact) mass is 307 g/mol. The Morgan fingerprint density at radius 2 is 2.24 bits per heavy atom. The predicted octanol–water partition coefficient (Wildman–Crippen LogP) is 2.11. The molecule has 2 aromatic rings. The van der Waals surface area contributed by atoms with Crippen LogP contribution < -0.4 is 11.1 Å². The van der Waals surface area contributed by atoms with Crippen molar-refractivity contribution in [3.05, 3.63) is 23.8 Å². The molecule has 1 heterocycles. The lowest BCUT2D eigenvalue weighted by molar-refractivity contribution is -0.138. The van der Waals surface area contributed by atoms with Crippen molar-refractivity contribution < 1.29 is 14.7 Å². The maximum Gasteiger partial charge on any atom is 0.303 e. The van der Waals surface area contributed by atoms with Crippen molar-refractivity contribution >= 4 is 38.6 Å². The van der Waals surface area contributed by atoms with Gasteiger partial charge in [-0.1, -0.05) is 24.7 Å². The fourth-order valence-electron chi connectivity index (χ4n) is 2.03. The van der Waals surface area contributed by atoms with Gasteiger partial charge in [0.1, 0.15) is 0 Å². The summed E-state index contributed by atoms with van der Waals surface area (Å²) in [7, 11) is 0. The van der Waals surface area contributed by atoms with Crippen LogP contribution in [0.3, 0.4) is 0 Å². The number of rotatable bonds is 6. The first-order valence-corrected chi connectivity index (χ1v) is 7.47. The molecule has 6 nitrogen and oxygen atoms in total. The normalized spacial score (nSPS) is 12.2. The highest BCUT2D eigenvalue weighted by molar-refractivity contribution is 7.22. The van der Waals surface area contributed by atoms with Crippen LogP contribution in [0.4, 0.5) is 5.13 Å². The number of hydrogen-bond acceptors (Lipinski definition) is 5. The fourth-order valence-corrected chi connectivity index (χ4v) is 2.80. The standard InChI is InChI=1S/C14H17N3O3S/c1-2-8(5-12(18)19)7-16-13(20)9-3-4-10-11(6-9)21-14(15)17-10/h3-4,6,8H,2,5,7H2,1H3,(H2,15,17)(H,16,20)(H,18,19). The number of carbonyl (C=O) groups is 2. The van der Waals surface area contributed by atoms with Gasteiger partial charge in [-0.3, -0.25) is 9.59 Å². The average molecular weight is 307 g/mol. The summed E-state index contributed by atoms with van der Waals surface area (Å²) >= 11 is 1.33. The van der Waals surface area contributed by atoms with Crippen LogP contribution >= 0.6 is 11.3 Å². The number of carbonyl (C=O) groups excluding carboxylic acids is 1. The Morgan fingerprint density at radius 1 is 1.48 bits per heavy atom. The van der Waals surface area contributed by atoms with Crippen LogP contribution in [0, 0.1) is 5.92 Å². The van der Waals surface area contributed by atoms with Crippen LogP contribution in [0.5, 0.6) is 0 Å². The number of hydrogen-bond donors (Lipinski definition) is 3. The Bertz CT molecular complexity index is 669. The van der Waals surface area contributed by atoms with E-state index in [1.54, 1.807) is 18.2 Å². The number of aliphatic carboxylic acids is 1. The first-order valence-electron chi connectivity index (χ1n) is 6.65. The van der Waals surface area contributed by atoms with E-state index in [0.717, 1.165) is 10.2 Å². The van der Waals surface area contributed by atoms with Crippen molar-refractivity contribution in [2.75, 3.05) is 12.3 Å². The molecular formula is C14H17N3O3S. The van der Waals surface area contributed by atoms with E-state index in [2.05, 4.69) is 10.3 Å². The van der Waals surface area contributed by atoms with Crippen molar-refractivity contribution in [2.24, 2.45) is 5.92 Å². The lowest BCUT2D eigenvalue weighted by Gasteiger charge is -2.13. The summed E-state index contributed by atoms with van der Waals surface area (Å²) < 4.78 is 0.859. The van der Waals surface area contributed by atoms with Crippen molar-refractivity contribution in [2.45, 2.75) is 19.8 Å². The smallest absolute Gasteiger partial charge is 0.303 e. The van der Waals surface area contributed by atoms with Gasteiger partial charge in [0.05, 0.1) is 10.2 Å². The Balaban J connectivity index is 2.02. The van der Waals surface area contributed by atoms with Gasteiger partial charge >= 0.3 is 5.97 Å². The molecule has 1 atom stereocenters. The van der Waals surface area contributed by atoms with Crippen LogP contribution in [0.1, 0.15) is 30.1 Å². The minimum Gasteiger partial charge on any atom is -0.481 e. The minimum absolute atomic E-state index is 0.0567. The molecule has 7 heteroatoms. The molecule has 0 bridgehead atoms. The number of nitrogen functional groups attached to an aromatic ring is 1. The molecule has 0 aliphatic rings. The van der Waals surface area contributed by atoms with Crippen LogP contribution in [-0.2, 0) is 4.79 Å². The first kappa shape index (κ1) is 15.2. The van der Waals surface area contributed by atoms with Gasteiger partial charge in [0.2, 0.25) is 0 Å². The summed E-state index contributed by atoms with van der Waals surface area (Å²) in [6.45, 7) is 2.26. The minimum atomic E-state index is -0.849. The predicted molar refractivity (Wildman–Crippen MR) is 82.4 cm³/mol. The second kappa shape index (κ2) is 6.53. The molecule has 0 radical (unpaired) electrons. The van der Waals surface area contributed by atoms with Crippen LogP contribution in [0.15, 0.2) is 18.2 Å². The summed E-state index contributed by atoms with van der Waals surface area (Å²) in [6.07, 6.45) is 0.762. The molecule has 112 valence electrons. The van der Waals surface area contributed by atoms with E-state index in [1.807, 2.05) is 6.92 Å². The van der Waals surface area contributed by atoms with Gasteiger partial charge in [0, 0.05) is 18.5 Å². The number of thiazole rings is 1. The van der Waals surface area contributed by atoms with Gasteiger partial charge < -0.3 is 16.2 Å². The highest BCUT2D eigenvalue weighted by Crippen LogP contribution is 2.24. The molecule has 1 aromatic carbocycles. The number of aromatic nitrogens is 1. The number of benzene rings is 1. The van der Waals surface area contributed by atoms with Crippen LogP contribution in [0.25, 0.3) is 10.2 Å². The maximum atomic E-state index is 12.1. The van der Waals surface area contributed by atoms with Gasteiger partial charge in [-0.15, -0.1) is 0 Å². The number of nitrogens with one attached hydrogen (secondary N) is 1. The zero-order valence-corrected chi connectivity index (χ0v) is 12.4. The third-order valence-corrected chi connectivity index (χ3v) is 4.11. The third-order valence-electron chi connectivity index (χ3n) is 3.26. The molecule has 0 fully saturated rings. The first-order chi connectivity index (χ1) is 9.99. The second-order valence-corrected chi connectivity index (χ2v) is 5.88. The van der Waals surface area contributed by atoms with E-state index in [9.17, 15) is 9.59 Å². The molecule has 4 N–H and O–H groups in total. The third kappa shape index (κ3) is 3.91. The van der Waals surface area contributed by atoms with Gasteiger partial charge in [0.15, 0.2) is 5.13 Å². The molecule has 0 aliphatic carbocycles. The molecule has 0 saturated carbocycles. The van der Waals surface area contributed by atoms with E-state index >= 15 is 0 Å². The molecule has 0 aliphatic heterocycles. The molecular weight excluding hydrogens is 290 g/mol. The topological polar surface area (TPSA) is 105 Å². The van der Waals surface area contributed by atoms with E-state index in [4.69, 9.17) is 10.8 Å². The van der Waals surface area contributed by atoms with Gasteiger partial charge in [-0.2, -0.15) is 0 Å². The van der Waals surface area contributed by atoms with Crippen molar-refractivity contribution in [1.29, 1.82) is 0 Å². The number of amides is 1. The van der Waals surface area contributed by atoms with E-state index < -0.39 is 5.97 Å². The van der Waals surface area contributed by atoms with Crippen LogP contribution in [-0.4, -0.2) is 28.5 Å². The number of carboxylic acid groups (broad SMARTS) is 1. The lowest BCUT2D eigenvalue weighted by Crippen LogP contribution is -2.30. The van der Waals surface area contributed by atoms with Gasteiger partial charge in [-0.25, -0.2) is 4.98 Å². The van der Waals surface area contributed by atoms with Crippen molar-refractivity contribution in [3.63, 3.8) is 0 Å². The molecule has 21 heavy (non-hydrogen) atoms. The number of fused-ring (bicyclic) bond motifs is 1. The molecule has 1 unspecified atom stereocenters. The maximum absolute atomic E-state index is 12.1. The number of anilines is 1. The molecule has 1 amide bonds. The van der Waals surface area contributed by atoms with E-state index in [-0.39, 0.29) is 18.2 Å². The summed E-state index contributed by atoms with van der Waals surface area (Å²) in [5, 5.41) is 12.0. The fraction of sp³-hybridized carbons (Fsp3) is 0.357. The SMILES string of the molecule is CCC(CNC(=O)c1ccc2nc(N)sc2c1)CC(=O)O. The zero-order chi connectivity index (χ0) is 15.4. The zero-order valence-electron chi connectivity index (χ0n) is 11.6. The van der Waals surface area contributed by atoms with Crippen LogP contribution in [0.2, 0.25) is 0 Å². The highest BCUT2D eigenvalue weighted by Gasteiger charge is 2.14. The van der Waals surface area contributed by atoms with E-state index in [0.29, 0.717) is 23.7 Å². The average Bonchev–Trinajstić information content (AvgIpc) is 2.81. The number of nitrogens with zero attached hydrogens (tertiary/aromatic N) is 1. The molecule has 1 aromatic heterocycles. The van der Waals surface area contributed by atoms with Gasteiger partial charge in [-0.05, 0) is 24.1 Å². The Hall–Kier alpha value is -2.15.